The van der Waals surface area contributed by atoms with Crippen LogP contribution in [0.15, 0.2) is 188 Å². The van der Waals surface area contributed by atoms with Crippen molar-refractivity contribution in [2.75, 3.05) is 0 Å². The van der Waals surface area contributed by atoms with Crippen molar-refractivity contribution in [3.63, 3.8) is 0 Å². The number of hydrogen-bond acceptors (Lipinski definition) is 5. The molecule has 0 amide bonds. The molecule has 0 aliphatic heterocycles. The molecule has 0 spiro atoms. The predicted octanol–water partition coefficient (Wildman–Crippen LogP) is 13.1. The summed E-state index contributed by atoms with van der Waals surface area (Å²) in [6.07, 6.45) is 0. The van der Waals surface area contributed by atoms with Crippen molar-refractivity contribution in [1.82, 2.24) is 24.7 Å². The van der Waals surface area contributed by atoms with Crippen molar-refractivity contribution in [2.45, 2.75) is 0 Å². The molecule has 56 heavy (non-hydrogen) atoms. The van der Waals surface area contributed by atoms with E-state index >= 15 is 0 Å². The largest absolute Gasteiger partial charge is 0.232 e. The van der Waals surface area contributed by atoms with Crippen molar-refractivity contribution in [2.24, 2.45) is 0 Å². The van der Waals surface area contributed by atoms with Gasteiger partial charge in [0.05, 0.1) is 11.2 Å². The fourth-order valence-corrected chi connectivity index (χ4v) is 9.05. The van der Waals surface area contributed by atoms with Crippen molar-refractivity contribution < 1.29 is 0 Å². The van der Waals surface area contributed by atoms with Crippen LogP contribution in [0.1, 0.15) is 0 Å². The summed E-state index contributed by atoms with van der Waals surface area (Å²) in [7, 11) is 0. The van der Waals surface area contributed by atoms with Gasteiger partial charge in [-0.25, -0.2) is 19.6 Å². The van der Waals surface area contributed by atoms with E-state index in [-0.39, 0.29) is 0 Å². The molecule has 262 valence electrons. The number of nitrogens with zero attached hydrogens (tertiary/aromatic N) is 5. The van der Waals surface area contributed by atoms with Crippen LogP contribution in [-0.4, -0.2) is 24.7 Å². The maximum atomic E-state index is 5.40. The van der Waals surface area contributed by atoms with Crippen LogP contribution in [0.3, 0.4) is 0 Å². The minimum absolute atomic E-state index is 0.616. The van der Waals surface area contributed by atoms with E-state index in [2.05, 4.69) is 156 Å². The number of fused-ring (bicyclic) bond motifs is 6. The van der Waals surface area contributed by atoms with Crippen LogP contribution in [0, 0.1) is 0 Å². The van der Waals surface area contributed by atoms with Crippen LogP contribution in [0.25, 0.3) is 104 Å². The molecule has 11 aromatic rings. The molecule has 0 aliphatic rings. The second-order valence-corrected chi connectivity index (χ2v) is 14.9. The van der Waals surface area contributed by atoms with Crippen LogP contribution >= 0.6 is 11.3 Å². The van der Waals surface area contributed by atoms with Gasteiger partial charge in [-0.05, 0) is 59.0 Å². The molecule has 3 heterocycles. The molecule has 0 saturated heterocycles. The van der Waals surface area contributed by atoms with E-state index in [1.807, 2.05) is 36.4 Å². The lowest BCUT2D eigenvalue weighted by molar-refractivity contribution is 0.917. The molecule has 0 radical (unpaired) electrons. The summed E-state index contributed by atoms with van der Waals surface area (Å²) in [5.74, 6) is 1.91. The molecule has 0 atom stereocenters. The van der Waals surface area contributed by atoms with Crippen LogP contribution in [0.5, 0.6) is 0 Å². The normalized spacial score (nSPS) is 11.6. The summed E-state index contributed by atoms with van der Waals surface area (Å²) in [6, 6.07) is 65.5. The first-order valence-corrected chi connectivity index (χ1v) is 19.5. The Morgan fingerprint density at radius 1 is 0.411 bits per heavy atom. The highest BCUT2D eigenvalue weighted by Gasteiger charge is 2.22. The van der Waals surface area contributed by atoms with Gasteiger partial charge in [-0.3, -0.25) is 0 Å². The average Bonchev–Trinajstić information content (AvgIpc) is 3.87. The lowest BCUT2D eigenvalue weighted by Crippen LogP contribution is -2.01. The lowest BCUT2D eigenvalue weighted by Gasteiger charge is -2.12. The highest BCUT2D eigenvalue weighted by Crippen LogP contribution is 2.42. The number of benzene rings is 8. The molecule has 5 nitrogen and oxygen atoms in total. The van der Waals surface area contributed by atoms with E-state index < -0.39 is 0 Å². The number of aromatic nitrogens is 5. The Bertz CT molecular complexity index is 3230. The van der Waals surface area contributed by atoms with Gasteiger partial charge < -0.3 is 0 Å². The molecule has 6 heteroatoms. The van der Waals surface area contributed by atoms with E-state index in [1.54, 1.807) is 11.3 Å². The summed E-state index contributed by atoms with van der Waals surface area (Å²) in [6.45, 7) is 0. The molecule has 0 saturated carbocycles. The van der Waals surface area contributed by atoms with E-state index in [9.17, 15) is 0 Å². The molecule has 0 aliphatic carbocycles. The van der Waals surface area contributed by atoms with Gasteiger partial charge in [-0.2, -0.15) is 5.10 Å². The monoisotopic (exact) mass is 733 g/mol. The van der Waals surface area contributed by atoms with Gasteiger partial charge >= 0.3 is 0 Å². The summed E-state index contributed by atoms with van der Waals surface area (Å²) >= 11 is 1.78. The molecule has 11 rings (SSSR count). The van der Waals surface area contributed by atoms with E-state index in [4.69, 9.17) is 20.1 Å². The lowest BCUT2D eigenvalue weighted by atomic mass is 9.94. The zero-order valence-corrected chi connectivity index (χ0v) is 30.9. The maximum Gasteiger partial charge on any atom is 0.165 e. The Hall–Kier alpha value is -7.28. The Morgan fingerprint density at radius 3 is 1.71 bits per heavy atom. The second kappa shape index (κ2) is 13.2. The fraction of sp³-hybridized carbons (Fsp3) is 0. The van der Waals surface area contributed by atoms with Gasteiger partial charge in [0, 0.05) is 53.2 Å². The first-order valence-electron chi connectivity index (χ1n) is 18.7. The van der Waals surface area contributed by atoms with Gasteiger partial charge in [0.15, 0.2) is 17.5 Å². The van der Waals surface area contributed by atoms with Crippen molar-refractivity contribution in [3.8, 4) is 62.2 Å². The van der Waals surface area contributed by atoms with Gasteiger partial charge in [-0.15, -0.1) is 11.3 Å². The average molecular weight is 734 g/mol. The molecule has 0 bridgehead atoms. The topological polar surface area (TPSA) is 56.5 Å². The third-order valence-corrected chi connectivity index (χ3v) is 11.7. The first-order chi connectivity index (χ1) is 27.8. The molecule has 8 aromatic carbocycles. The van der Waals surface area contributed by atoms with Crippen LogP contribution in [0.4, 0.5) is 0 Å². The number of rotatable bonds is 6. The third-order valence-electron chi connectivity index (χ3n) is 10.5. The van der Waals surface area contributed by atoms with Gasteiger partial charge in [0.2, 0.25) is 0 Å². The van der Waals surface area contributed by atoms with Gasteiger partial charge in [0.25, 0.3) is 0 Å². The molecule has 3 aromatic heterocycles. The molecule has 0 N–H and O–H groups in total. The first kappa shape index (κ1) is 32.2. The third kappa shape index (κ3) is 5.38. The summed E-state index contributed by atoms with van der Waals surface area (Å²) in [5, 5.41) is 11.3. The van der Waals surface area contributed by atoms with Crippen LogP contribution in [-0.2, 0) is 0 Å². The molecular weight excluding hydrogens is 703 g/mol. The Kier molecular flexibility index (Phi) is 7.60. The Labute approximate surface area is 326 Å². The predicted molar refractivity (Wildman–Crippen MR) is 232 cm³/mol. The Balaban J connectivity index is 1.10. The summed E-state index contributed by atoms with van der Waals surface area (Å²) in [5.41, 5.74) is 9.17. The van der Waals surface area contributed by atoms with E-state index in [1.165, 1.54) is 20.2 Å². The maximum absolute atomic E-state index is 5.40. The summed E-state index contributed by atoms with van der Waals surface area (Å²) in [4.78, 5) is 15.3. The van der Waals surface area contributed by atoms with E-state index in [0.717, 1.165) is 66.4 Å². The molecule has 0 unspecified atom stereocenters. The highest BCUT2D eigenvalue weighted by atomic mass is 32.1. The fourth-order valence-electron chi connectivity index (χ4n) is 7.84. The minimum atomic E-state index is 0.616. The van der Waals surface area contributed by atoms with Crippen LogP contribution in [0.2, 0.25) is 0 Å². The van der Waals surface area contributed by atoms with Crippen molar-refractivity contribution >= 4 is 53.2 Å². The second-order valence-electron chi connectivity index (χ2n) is 13.9. The summed E-state index contributed by atoms with van der Waals surface area (Å²) < 4.78 is 4.52. The zero-order chi connectivity index (χ0) is 37.0. The zero-order valence-electron chi connectivity index (χ0n) is 30.0. The van der Waals surface area contributed by atoms with E-state index in [0.29, 0.717) is 17.5 Å². The Morgan fingerprint density at radius 2 is 0.982 bits per heavy atom. The van der Waals surface area contributed by atoms with Crippen molar-refractivity contribution in [1.29, 1.82) is 0 Å². The molecule has 0 fully saturated rings. The highest BCUT2D eigenvalue weighted by molar-refractivity contribution is 7.26. The number of thiophene rings is 1. The standard InChI is InChI=1S/C50H31N5S/c1-4-15-32(16-5-1)42-31-36-21-10-11-22-38(36)46-44(42)45(33-17-6-2-7-18-33)54-55(46)37-29-27-35(28-30-37)49-51-48(34-19-8-3-9-20-34)52-50(53-49)41-25-14-24-40-39-23-12-13-26-43(39)56-47(40)41/h1-31H. The van der Waals surface area contributed by atoms with Crippen molar-refractivity contribution in [3.05, 3.63) is 188 Å². The van der Waals surface area contributed by atoms with Gasteiger partial charge in [0.1, 0.15) is 5.69 Å². The smallest absolute Gasteiger partial charge is 0.165 e. The number of hydrogen-bond donors (Lipinski definition) is 0. The minimum Gasteiger partial charge on any atom is -0.232 e. The molecular formula is C50H31N5S. The SMILES string of the molecule is c1ccc(-c2nc(-c3ccc(-n4nc(-c5ccccc5)c5c(-c6ccccc6)cc6ccccc6c54)cc3)nc(-c3cccc4c3sc3ccccc34)n2)cc1. The van der Waals surface area contributed by atoms with Gasteiger partial charge in [-0.1, -0.05) is 146 Å². The quantitative estimate of drug-likeness (QED) is 0.171. The van der Waals surface area contributed by atoms with Crippen LogP contribution < -0.4 is 0 Å².